The van der Waals surface area contributed by atoms with Crippen molar-refractivity contribution in [2.75, 3.05) is 11.9 Å². The Balaban J connectivity index is 2.14. The number of nitrogens with one attached hydrogen (secondary N) is 2. The molecule has 0 atom stereocenters. The van der Waals surface area contributed by atoms with E-state index in [0.717, 1.165) is 19.4 Å². The second-order valence-electron chi connectivity index (χ2n) is 5.76. The lowest BCUT2D eigenvalue weighted by Gasteiger charge is -2.23. The van der Waals surface area contributed by atoms with Gasteiger partial charge in [-0.3, -0.25) is 14.5 Å². The first kappa shape index (κ1) is 18.9. The number of anilines is 1. The molecule has 0 radical (unpaired) electrons. The highest BCUT2D eigenvalue weighted by molar-refractivity contribution is 9.11. The second kappa shape index (κ2) is 7.23. The molecule has 24 heavy (non-hydrogen) atoms. The fraction of sp³-hybridized carbons (Fsp3) is 0.438. The van der Waals surface area contributed by atoms with Gasteiger partial charge < -0.3 is 10.6 Å². The molecule has 4 amide bonds. The van der Waals surface area contributed by atoms with Crippen LogP contribution in [0.4, 0.5) is 10.5 Å². The fourth-order valence-electron chi connectivity index (χ4n) is 2.69. The minimum atomic E-state index is -0.900. The molecule has 0 aliphatic carbocycles. The van der Waals surface area contributed by atoms with E-state index in [9.17, 15) is 14.4 Å². The molecular formula is C16H19Br2N3O3. The van der Waals surface area contributed by atoms with E-state index in [1.54, 1.807) is 0 Å². The van der Waals surface area contributed by atoms with Gasteiger partial charge in [-0.25, -0.2) is 4.79 Å². The van der Waals surface area contributed by atoms with Crippen LogP contribution in [0, 0.1) is 6.92 Å². The molecule has 0 aromatic heterocycles. The van der Waals surface area contributed by atoms with Gasteiger partial charge in [-0.05, 0) is 69.3 Å². The van der Waals surface area contributed by atoms with Gasteiger partial charge in [0.2, 0.25) is 5.91 Å². The molecule has 130 valence electrons. The summed E-state index contributed by atoms with van der Waals surface area (Å²) in [6, 6.07) is 3.21. The summed E-state index contributed by atoms with van der Waals surface area (Å²) in [7, 11) is 0. The first-order valence-electron chi connectivity index (χ1n) is 7.63. The standard InChI is InChI=1S/C16H19Br2N3O3/c1-4-16(5-2)14(23)21(15(24)20-16)8-12(22)19-13-10(17)6-9(3)7-11(13)18/h6-7H,4-5,8H2,1-3H3,(H,19,22)(H,20,24). The molecule has 2 rings (SSSR count). The Morgan fingerprint density at radius 3 is 2.21 bits per heavy atom. The first-order valence-corrected chi connectivity index (χ1v) is 9.22. The van der Waals surface area contributed by atoms with Gasteiger partial charge in [0.1, 0.15) is 12.1 Å². The van der Waals surface area contributed by atoms with Crippen LogP contribution < -0.4 is 10.6 Å². The average molecular weight is 461 g/mol. The summed E-state index contributed by atoms with van der Waals surface area (Å²) in [6.45, 7) is 5.29. The molecule has 1 heterocycles. The minimum absolute atomic E-state index is 0.320. The molecule has 1 saturated heterocycles. The maximum Gasteiger partial charge on any atom is 0.325 e. The van der Waals surface area contributed by atoms with Gasteiger partial charge >= 0.3 is 6.03 Å². The number of carbonyl (C=O) groups is 3. The van der Waals surface area contributed by atoms with Crippen LogP contribution >= 0.6 is 31.9 Å². The number of urea groups is 1. The summed E-state index contributed by atoms with van der Waals surface area (Å²) in [6.07, 6.45) is 0.975. The normalized spacial score (nSPS) is 16.3. The number of amides is 4. The highest BCUT2D eigenvalue weighted by atomic mass is 79.9. The van der Waals surface area contributed by atoms with E-state index in [0.29, 0.717) is 18.5 Å². The van der Waals surface area contributed by atoms with Crippen molar-refractivity contribution in [1.29, 1.82) is 0 Å². The predicted octanol–water partition coefficient (Wildman–Crippen LogP) is 3.57. The predicted molar refractivity (Wildman–Crippen MR) is 98.8 cm³/mol. The lowest BCUT2D eigenvalue weighted by molar-refractivity contribution is -0.134. The molecule has 6 nitrogen and oxygen atoms in total. The lowest BCUT2D eigenvalue weighted by atomic mass is 9.93. The Labute approximate surface area is 157 Å². The molecule has 1 aliphatic rings. The number of benzene rings is 1. The Bertz CT molecular complexity index is 679. The van der Waals surface area contributed by atoms with Crippen molar-refractivity contribution < 1.29 is 14.4 Å². The van der Waals surface area contributed by atoms with E-state index in [-0.39, 0.29) is 12.5 Å². The highest BCUT2D eigenvalue weighted by Gasteiger charge is 2.49. The molecule has 1 aliphatic heterocycles. The monoisotopic (exact) mass is 459 g/mol. The number of hydrogen-bond acceptors (Lipinski definition) is 3. The molecule has 0 saturated carbocycles. The van der Waals surface area contributed by atoms with Crippen LogP contribution in [0.5, 0.6) is 0 Å². The van der Waals surface area contributed by atoms with Crippen LogP contribution in [0.15, 0.2) is 21.1 Å². The Morgan fingerprint density at radius 1 is 1.21 bits per heavy atom. The SMILES string of the molecule is CCC1(CC)NC(=O)N(CC(=O)Nc2c(Br)cc(C)cc2Br)C1=O. The number of halogens is 2. The summed E-state index contributed by atoms with van der Waals surface area (Å²) >= 11 is 6.80. The number of carbonyl (C=O) groups excluding carboxylic acids is 3. The number of aryl methyl sites for hydroxylation is 1. The van der Waals surface area contributed by atoms with Gasteiger partial charge in [0.25, 0.3) is 5.91 Å². The summed E-state index contributed by atoms with van der Waals surface area (Å²) in [4.78, 5) is 37.9. The zero-order valence-corrected chi connectivity index (χ0v) is 16.9. The third-order valence-electron chi connectivity index (χ3n) is 4.21. The molecule has 0 bridgehead atoms. The highest BCUT2D eigenvalue weighted by Crippen LogP contribution is 2.32. The molecular weight excluding hydrogens is 442 g/mol. The van der Waals surface area contributed by atoms with Gasteiger partial charge in [-0.2, -0.15) is 0 Å². The molecule has 1 fully saturated rings. The summed E-state index contributed by atoms with van der Waals surface area (Å²) in [5, 5.41) is 5.44. The molecule has 0 spiro atoms. The number of rotatable bonds is 5. The zero-order valence-electron chi connectivity index (χ0n) is 13.7. The van der Waals surface area contributed by atoms with Gasteiger partial charge in [0.15, 0.2) is 0 Å². The van der Waals surface area contributed by atoms with Crippen LogP contribution in [-0.2, 0) is 9.59 Å². The molecule has 0 unspecified atom stereocenters. The van der Waals surface area contributed by atoms with E-state index in [4.69, 9.17) is 0 Å². The lowest BCUT2D eigenvalue weighted by Crippen LogP contribution is -2.46. The van der Waals surface area contributed by atoms with E-state index in [1.807, 2.05) is 32.9 Å². The van der Waals surface area contributed by atoms with E-state index in [2.05, 4.69) is 42.5 Å². The van der Waals surface area contributed by atoms with Gasteiger partial charge in [-0.1, -0.05) is 13.8 Å². The van der Waals surface area contributed by atoms with Crippen LogP contribution in [-0.4, -0.2) is 34.8 Å². The third-order valence-corrected chi connectivity index (χ3v) is 5.46. The van der Waals surface area contributed by atoms with E-state index < -0.39 is 17.5 Å². The zero-order chi connectivity index (χ0) is 18.1. The topological polar surface area (TPSA) is 78.5 Å². The molecule has 1 aromatic rings. The van der Waals surface area contributed by atoms with Crippen molar-refractivity contribution in [3.8, 4) is 0 Å². The summed E-state index contributed by atoms with van der Waals surface area (Å²) in [5.74, 6) is -0.790. The van der Waals surface area contributed by atoms with Crippen molar-refractivity contribution in [1.82, 2.24) is 10.2 Å². The Hall–Kier alpha value is -1.41. The van der Waals surface area contributed by atoms with Crippen LogP contribution in [0.3, 0.4) is 0 Å². The van der Waals surface area contributed by atoms with Crippen LogP contribution in [0.25, 0.3) is 0 Å². The average Bonchev–Trinajstić information content (AvgIpc) is 2.75. The minimum Gasteiger partial charge on any atom is -0.323 e. The first-order chi connectivity index (χ1) is 11.2. The smallest absolute Gasteiger partial charge is 0.323 e. The van der Waals surface area contributed by atoms with Gasteiger partial charge in [0, 0.05) is 8.95 Å². The van der Waals surface area contributed by atoms with Gasteiger partial charge in [0.05, 0.1) is 5.69 Å². The van der Waals surface area contributed by atoms with Crippen molar-refractivity contribution in [3.63, 3.8) is 0 Å². The number of nitrogens with zero attached hydrogens (tertiary/aromatic N) is 1. The third kappa shape index (κ3) is 3.49. The number of hydrogen-bond donors (Lipinski definition) is 2. The van der Waals surface area contributed by atoms with Crippen LogP contribution in [0.2, 0.25) is 0 Å². The van der Waals surface area contributed by atoms with Crippen molar-refractivity contribution in [3.05, 3.63) is 26.6 Å². The Morgan fingerprint density at radius 2 is 1.75 bits per heavy atom. The number of imide groups is 1. The Kier molecular flexibility index (Phi) is 5.70. The summed E-state index contributed by atoms with van der Waals surface area (Å²) < 4.78 is 1.44. The molecule has 8 heteroatoms. The quantitative estimate of drug-likeness (QED) is 0.659. The maximum absolute atomic E-state index is 12.5. The van der Waals surface area contributed by atoms with Crippen LogP contribution in [0.1, 0.15) is 32.3 Å². The molecule has 2 N–H and O–H groups in total. The largest absolute Gasteiger partial charge is 0.325 e. The fourth-order valence-corrected chi connectivity index (χ4v) is 4.30. The maximum atomic E-state index is 12.5. The second-order valence-corrected chi connectivity index (χ2v) is 7.47. The van der Waals surface area contributed by atoms with Crippen molar-refractivity contribution in [2.45, 2.75) is 39.2 Å². The molecule has 1 aromatic carbocycles. The van der Waals surface area contributed by atoms with E-state index >= 15 is 0 Å². The van der Waals surface area contributed by atoms with Crippen molar-refractivity contribution in [2.24, 2.45) is 0 Å². The summed E-state index contributed by atoms with van der Waals surface area (Å²) in [5.41, 5.74) is 0.689. The van der Waals surface area contributed by atoms with Crippen molar-refractivity contribution >= 4 is 55.4 Å². The van der Waals surface area contributed by atoms with Gasteiger partial charge in [-0.15, -0.1) is 0 Å². The van der Waals surface area contributed by atoms with E-state index in [1.165, 1.54) is 0 Å².